The molecule has 10 heteroatoms. The van der Waals surface area contributed by atoms with E-state index in [2.05, 4.69) is 15.3 Å². The first-order valence-corrected chi connectivity index (χ1v) is 10.1. The lowest BCUT2D eigenvalue weighted by Crippen LogP contribution is -2.42. The number of hydrogen-bond donors (Lipinski definition) is 1. The van der Waals surface area contributed by atoms with Crippen LogP contribution in [0.1, 0.15) is 30.9 Å². The lowest BCUT2D eigenvalue weighted by Gasteiger charge is -2.33. The molecule has 1 aliphatic rings. The summed E-state index contributed by atoms with van der Waals surface area (Å²) in [6, 6.07) is 6.43. The molecule has 0 aliphatic heterocycles. The predicted molar refractivity (Wildman–Crippen MR) is 113 cm³/mol. The van der Waals surface area contributed by atoms with Crippen molar-refractivity contribution in [2.24, 2.45) is 13.0 Å². The Morgan fingerprint density at radius 2 is 2.09 bits per heavy atom. The topological polar surface area (TPSA) is 86.8 Å². The molecule has 1 fully saturated rings. The SMILES string of the molecule is CCc1cc(C#N)cc(F)c1N(C)c1cc2c(ncn2C)c(NC(=O)C2CC(F)(F)C2)n1. The first-order valence-electron chi connectivity index (χ1n) is 10.1. The molecule has 1 aromatic carbocycles. The second-order valence-electron chi connectivity index (χ2n) is 7.99. The van der Waals surface area contributed by atoms with Crippen LogP contribution in [0.2, 0.25) is 0 Å². The van der Waals surface area contributed by atoms with Crippen LogP contribution in [0.3, 0.4) is 0 Å². The van der Waals surface area contributed by atoms with Crippen molar-refractivity contribution in [3.05, 3.63) is 41.5 Å². The van der Waals surface area contributed by atoms with E-state index in [1.807, 2.05) is 13.0 Å². The number of alkyl halides is 2. The van der Waals surface area contributed by atoms with E-state index in [9.17, 15) is 18.0 Å². The Kier molecular flexibility index (Phi) is 5.28. The zero-order valence-corrected chi connectivity index (χ0v) is 17.8. The first kappa shape index (κ1) is 21.6. The van der Waals surface area contributed by atoms with E-state index >= 15 is 0 Å². The zero-order valence-electron chi connectivity index (χ0n) is 17.8. The van der Waals surface area contributed by atoms with Gasteiger partial charge in [0.05, 0.1) is 29.2 Å². The number of aryl methyl sites for hydroxylation is 2. The van der Waals surface area contributed by atoms with Gasteiger partial charge in [0.1, 0.15) is 17.2 Å². The van der Waals surface area contributed by atoms with Gasteiger partial charge < -0.3 is 14.8 Å². The van der Waals surface area contributed by atoms with Crippen LogP contribution in [0.4, 0.5) is 30.5 Å². The zero-order chi connectivity index (χ0) is 23.2. The average molecular weight is 442 g/mol. The number of halogens is 3. The van der Waals surface area contributed by atoms with E-state index in [-0.39, 0.29) is 17.1 Å². The predicted octanol–water partition coefficient (Wildman–Crippen LogP) is 4.29. The highest BCUT2D eigenvalue weighted by Crippen LogP contribution is 2.43. The summed E-state index contributed by atoms with van der Waals surface area (Å²) in [4.78, 5) is 22.7. The van der Waals surface area contributed by atoms with E-state index in [1.54, 1.807) is 37.1 Å². The Bertz CT molecular complexity index is 1250. The summed E-state index contributed by atoms with van der Waals surface area (Å²) in [6.07, 6.45) is 1.03. The van der Waals surface area contributed by atoms with Gasteiger partial charge in [0.2, 0.25) is 11.8 Å². The van der Waals surface area contributed by atoms with Gasteiger partial charge in [-0.3, -0.25) is 4.79 Å². The third-order valence-corrected chi connectivity index (χ3v) is 5.73. The standard InChI is InChI=1S/C22H21F3N6O/c1-4-13-5-12(10-26)6-15(23)19(13)31(3)17-7-16-18(27-11-30(16)2)20(28-17)29-21(32)14-8-22(24,25)9-14/h5-7,11,14H,4,8-9H2,1-3H3,(H,28,29,32). The Labute approximate surface area is 182 Å². The number of nitrogens with zero attached hydrogens (tertiary/aromatic N) is 5. The van der Waals surface area contributed by atoms with Crippen LogP contribution in [0.15, 0.2) is 24.5 Å². The van der Waals surface area contributed by atoms with Crippen molar-refractivity contribution in [3.8, 4) is 6.07 Å². The number of pyridine rings is 1. The normalized spacial score (nSPS) is 15.3. The summed E-state index contributed by atoms with van der Waals surface area (Å²) in [5.41, 5.74) is 2.13. The summed E-state index contributed by atoms with van der Waals surface area (Å²) in [7, 11) is 3.39. The summed E-state index contributed by atoms with van der Waals surface area (Å²) in [5.74, 6) is -4.28. The number of hydrogen-bond acceptors (Lipinski definition) is 5. The number of benzene rings is 1. The van der Waals surface area contributed by atoms with Crippen molar-refractivity contribution in [2.45, 2.75) is 32.1 Å². The van der Waals surface area contributed by atoms with Crippen LogP contribution in [-0.4, -0.2) is 33.4 Å². The van der Waals surface area contributed by atoms with Crippen molar-refractivity contribution in [1.82, 2.24) is 14.5 Å². The van der Waals surface area contributed by atoms with Crippen molar-refractivity contribution in [1.29, 1.82) is 5.26 Å². The molecule has 0 saturated heterocycles. The molecule has 2 heterocycles. The van der Waals surface area contributed by atoms with Crippen LogP contribution in [0.25, 0.3) is 11.0 Å². The molecular formula is C22H21F3N6O. The van der Waals surface area contributed by atoms with Crippen molar-refractivity contribution in [3.63, 3.8) is 0 Å². The van der Waals surface area contributed by atoms with Gasteiger partial charge in [-0.1, -0.05) is 6.92 Å². The fourth-order valence-corrected chi connectivity index (χ4v) is 3.92. The lowest BCUT2D eigenvalue weighted by atomic mass is 9.81. The average Bonchev–Trinajstić information content (AvgIpc) is 3.11. The molecule has 2 aromatic heterocycles. The van der Waals surface area contributed by atoms with E-state index in [0.717, 1.165) is 6.07 Å². The number of carbonyl (C=O) groups is 1. The monoisotopic (exact) mass is 442 g/mol. The molecule has 0 atom stereocenters. The highest BCUT2D eigenvalue weighted by atomic mass is 19.3. The Morgan fingerprint density at radius 3 is 2.72 bits per heavy atom. The van der Waals surface area contributed by atoms with Crippen LogP contribution in [0, 0.1) is 23.1 Å². The molecule has 4 rings (SSSR count). The van der Waals surface area contributed by atoms with Crippen LogP contribution in [-0.2, 0) is 18.3 Å². The van der Waals surface area contributed by atoms with Crippen molar-refractivity contribution in [2.75, 3.05) is 17.3 Å². The fraction of sp³-hybridized carbons (Fsp3) is 0.364. The number of carbonyl (C=O) groups excluding carboxylic acids is 1. The Morgan fingerprint density at radius 1 is 1.38 bits per heavy atom. The third kappa shape index (κ3) is 3.75. The van der Waals surface area contributed by atoms with Gasteiger partial charge in [-0.15, -0.1) is 0 Å². The number of rotatable bonds is 5. The van der Waals surface area contributed by atoms with Gasteiger partial charge in [0.15, 0.2) is 5.82 Å². The molecular weight excluding hydrogens is 421 g/mol. The van der Waals surface area contributed by atoms with Gasteiger partial charge in [-0.2, -0.15) is 5.26 Å². The van der Waals surface area contributed by atoms with Gasteiger partial charge in [0, 0.05) is 38.9 Å². The molecule has 1 amide bonds. The van der Waals surface area contributed by atoms with E-state index in [4.69, 9.17) is 5.26 Å². The number of imidazole rings is 1. The van der Waals surface area contributed by atoms with E-state index in [0.29, 0.717) is 28.8 Å². The highest BCUT2D eigenvalue weighted by Gasteiger charge is 2.48. The molecule has 1 aliphatic carbocycles. The summed E-state index contributed by atoms with van der Waals surface area (Å²) < 4.78 is 43.0. The smallest absolute Gasteiger partial charge is 0.249 e. The summed E-state index contributed by atoms with van der Waals surface area (Å²) in [6.45, 7) is 1.85. The molecule has 1 N–H and O–H groups in total. The second kappa shape index (κ2) is 7.82. The van der Waals surface area contributed by atoms with Gasteiger partial charge in [0.25, 0.3) is 0 Å². The molecule has 7 nitrogen and oxygen atoms in total. The summed E-state index contributed by atoms with van der Waals surface area (Å²) >= 11 is 0. The largest absolute Gasteiger partial charge is 0.334 e. The molecule has 0 unspecified atom stereocenters. The maximum atomic E-state index is 14.9. The molecule has 1 saturated carbocycles. The minimum atomic E-state index is -2.82. The molecule has 0 bridgehead atoms. The quantitative estimate of drug-likeness (QED) is 0.637. The van der Waals surface area contributed by atoms with Crippen LogP contribution >= 0.6 is 0 Å². The molecule has 166 valence electrons. The van der Waals surface area contributed by atoms with E-state index in [1.165, 1.54) is 4.90 Å². The Balaban J connectivity index is 1.75. The Hall–Kier alpha value is -3.61. The third-order valence-electron chi connectivity index (χ3n) is 5.73. The fourth-order valence-electron chi connectivity index (χ4n) is 3.92. The van der Waals surface area contributed by atoms with Gasteiger partial charge in [-0.25, -0.2) is 23.1 Å². The number of aromatic nitrogens is 3. The highest BCUT2D eigenvalue weighted by molar-refractivity contribution is 6.00. The minimum absolute atomic E-state index is 0.122. The molecule has 3 aromatic rings. The summed E-state index contributed by atoms with van der Waals surface area (Å²) in [5, 5.41) is 11.8. The van der Waals surface area contributed by atoms with Crippen LogP contribution in [0.5, 0.6) is 0 Å². The minimum Gasteiger partial charge on any atom is -0.334 e. The maximum Gasteiger partial charge on any atom is 0.249 e. The van der Waals surface area contributed by atoms with Crippen molar-refractivity contribution < 1.29 is 18.0 Å². The van der Waals surface area contributed by atoms with Crippen LogP contribution < -0.4 is 10.2 Å². The van der Waals surface area contributed by atoms with E-state index < -0.39 is 36.4 Å². The molecule has 0 spiro atoms. The van der Waals surface area contributed by atoms with Gasteiger partial charge >= 0.3 is 0 Å². The molecule has 0 radical (unpaired) electrons. The lowest BCUT2D eigenvalue weighted by molar-refractivity contribution is -0.145. The number of nitriles is 1. The second-order valence-corrected chi connectivity index (χ2v) is 7.99. The number of nitrogens with one attached hydrogen (secondary N) is 1. The van der Waals surface area contributed by atoms with Crippen molar-refractivity contribution >= 4 is 34.3 Å². The number of amides is 1. The first-order chi connectivity index (χ1) is 15.1. The van der Waals surface area contributed by atoms with Gasteiger partial charge in [-0.05, 0) is 24.1 Å². The number of anilines is 3. The molecule has 32 heavy (non-hydrogen) atoms. The maximum absolute atomic E-state index is 14.9. The number of fused-ring (bicyclic) bond motifs is 1.